The minimum absolute atomic E-state index is 0.0184. The minimum atomic E-state index is -0.0184. The number of aryl methyl sites for hydroxylation is 2. The van der Waals surface area contributed by atoms with Crippen molar-refractivity contribution in [2.24, 2.45) is 0 Å². The normalized spacial score (nSPS) is 17.9. The van der Waals surface area contributed by atoms with Crippen LogP contribution in [0.15, 0.2) is 34.9 Å². The fraction of sp³-hybridized carbons (Fsp3) is 0.444. The van der Waals surface area contributed by atoms with Crippen molar-refractivity contribution in [2.75, 3.05) is 6.54 Å². The van der Waals surface area contributed by atoms with Crippen molar-refractivity contribution in [3.05, 3.63) is 52.9 Å². The summed E-state index contributed by atoms with van der Waals surface area (Å²) in [5.41, 5.74) is 2.87. The Labute approximate surface area is 131 Å². The van der Waals surface area contributed by atoms with E-state index < -0.39 is 0 Å². The zero-order chi connectivity index (χ0) is 15.5. The Hall–Kier alpha value is -2.10. The second kappa shape index (κ2) is 6.34. The van der Waals surface area contributed by atoms with Gasteiger partial charge in [-0.1, -0.05) is 41.9 Å². The molecule has 2 heterocycles. The van der Waals surface area contributed by atoms with Gasteiger partial charge in [0.15, 0.2) is 5.69 Å². The number of amides is 1. The van der Waals surface area contributed by atoms with Crippen LogP contribution < -0.4 is 0 Å². The first-order valence-corrected chi connectivity index (χ1v) is 8.02. The lowest BCUT2D eigenvalue weighted by molar-refractivity contribution is 0.0725. The van der Waals surface area contributed by atoms with E-state index in [9.17, 15) is 4.79 Å². The van der Waals surface area contributed by atoms with Gasteiger partial charge in [-0.25, -0.2) is 0 Å². The number of carbonyl (C=O) groups is 1. The quantitative estimate of drug-likeness (QED) is 0.859. The Kier molecular flexibility index (Phi) is 4.27. The van der Waals surface area contributed by atoms with Gasteiger partial charge in [-0.3, -0.25) is 4.79 Å². The summed E-state index contributed by atoms with van der Waals surface area (Å²) in [4.78, 5) is 14.7. The molecule has 1 aromatic carbocycles. The first kappa shape index (κ1) is 14.8. The lowest BCUT2D eigenvalue weighted by atomic mass is 10.0. The fourth-order valence-corrected chi connectivity index (χ4v) is 3.16. The molecule has 1 unspecified atom stereocenters. The van der Waals surface area contributed by atoms with Crippen LogP contribution in [-0.4, -0.2) is 22.5 Å². The minimum Gasteiger partial charge on any atom is -0.361 e. The molecule has 22 heavy (non-hydrogen) atoms. The van der Waals surface area contributed by atoms with Gasteiger partial charge in [0.05, 0.1) is 6.04 Å². The van der Waals surface area contributed by atoms with E-state index >= 15 is 0 Å². The van der Waals surface area contributed by atoms with Crippen molar-refractivity contribution < 1.29 is 9.32 Å². The van der Waals surface area contributed by atoms with Crippen LogP contribution in [0, 0.1) is 6.92 Å². The van der Waals surface area contributed by atoms with E-state index in [-0.39, 0.29) is 11.9 Å². The molecule has 1 atom stereocenters. The van der Waals surface area contributed by atoms with Gasteiger partial charge < -0.3 is 9.42 Å². The third-order valence-corrected chi connectivity index (χ3v) is 4.22. The smallest absolute Gasteiger partial charge is 0.276 e. The molecule has 0 bridgehead atoms. The Morgan fingerprint density at radius 3 is 3.05 bits per heavy atom. The molecule has 3 rings (SSSR count). The number of aromatic nitrogens is 1. The molecule has 1 fully saturated rings. The number of carbonyl (C=O) groups excluding carboxylic acids is 1. The molecule has 0 saturated carbocycles. The lowest BCUT2D eigenvalue weighted by Crippen LogP contribution is -2.30. The Balaban J connectivity index is 1.81. The largest absolute Gasteiger partial charge is 0.361 e. The van der Waals surface area contributed by atoms with Crippen molar-refractivity contribution in [2.45, 2.75) is 45.6 Å². The molecular formula is C18H22N2O2. The van der Waals surface area contributed by atoms with Gasteiger partial charge in [-0.05, 0) is 31.7 Å². The molecule has 0 aliphatic carbocycles. The zero-order valence-electron chi connectivity index (χ0n) is 13.2. The summed E-state index contributed by atoms with van der Waals surface area (Å²) in [5.74, 6) is 0.771. The molecule has 1 aliphatic rings. The van der Waals surface area contributed by atoms with Gasteiger partial charge in [-0.2, -0.15) is 0 Å². The summed E-state index contributed by atoms with van der Waals surface area (Å²) >= 11 is 0. The standard InChI is InChI=1S/C18H22N2O2/c1-3-6-15-12-16(19-22-15)18(21)20-10-5-9-17(20)14-8-4-7-13(2)11-14/h4,7-8,11-12,17H,3,5-6,9-10H2,1-2H3. The van der Waals surface area contributed by atoms with Crippen molar-refractivity contribution in [1.29, 1.82) is 0 Å². The highest BCUT2D eigenvalue weighted by Crippen LogP contribution is 2.33. The monoisotopic (exact) mass is 298 g/mol. The number of nitrogens with zero attached hydrogens (tertiary/aromatic N) is 2. The van der Waals surface area contributed by atoms with Crippen LogP contribution in [-0.2, 0) is 6.42 Å². The molecule has 2 aromatic rings. The molecule has 4 nitrogen and oxygen atoms in total. The molecule has 1 saturated heterocycles. The zero-order valence-corrected chi connectivity index (χ0v) is 13.2. The van der Waals surface area contributed by atoms with Gasteiger partial charge >= 0.3 is 0 Å². The molecule has 1 aliphatic heterocycles. The van der Waals surface area contributed by atoms with E-state index in [0.717, 1.165) is 38.0 Å². The molecular weight excluding hydrogens is 276 g/mol. The molecule has 116 valence electrons. The Bertz CT molecular complexity index is 663. The van der Waals surface area contributed by atoms with Crippen LogP contribution >= 0.6 is 0 Å². The number of likely N-dealkylation sites (tertiary alicyclic amines) is 1. The maximum absolute atomic E-state index is 12.7. The fourth-order valence-electron chi connectivity index (χ4n) is 3.16. The summed E-state index contributed by atoms with van der Waals surface area (Å²) in [6.07, 6.45) is 3.85. The van der Waals surface area contributed by atoms with E-state index in [2.05, 4.69) is 43.3 Å². The molecule has 1 aromatic heterocycles. The molecule has 0 radical (unpaired) electrons. The third-order valence-electron chi connectivity index (χ3n) is 4.22. The molecule has 0 N–H and O–H groups in total. The van der Waals surface area contributed by atoms with E-state index in [1.165, 1.54) is 11.1 Å². The van der Waals surface area contributed by atoms with Gasteiger partial charge in [0.2, 0.25) is 0 Å². The van der Waals surface area contributed by atoms with E-state index in [4.69, 9.17) is 4.52 Å². The summed E-state index contributed by atoms with van der Waals surface area (Å²) < 4.78 is 5.25. The van der Waals surface area contributed by atoms with Crippen LogP contribution in [0.3, 0.4) is 0 Å². The van der Waals surface area contributed by atoms with Crippen molar-refractivity contribution in [1.82, 2.24) is 10.1 Å². The van der Waals surface area contributed by atoms with Gasteiger partial charge in [0.1, 0.15) is 5.76 Å². The first-order valence-electron chi connectivity index (χ1n) is 8.02. The second-order valence-electron chi connectivity index (χ2n) is 6.00. The predicted octanol–water partition coefficient (Wildman–Crippen LogP) is 3.91. The Morgan fingerprint density at radius 2 is 2.27 bits per heavy atom. The highest BCUT2D eigenvalue weighted by atomic mass is 16.5. The van der Waals surface area contributed by atoms with Crippen molar-refractivity contribution >= 4 is 5.91 Å². The lowest BCUT2D eigenvalue weighted by Gasteiger charge is -2.24. The second-order valence-corrected chi connectivity index (χ2v) is 6.00. The average molecular weight is 298 g/mol. The van der Waals surface area contributed by atoms with Crippen LogP contribution in [0.1, 0.15) is 59.6 Å². The molecule has 4 heteroatoms. The highest BCUT2D eigenvalue weighted by molar-refractivity contribution is 5.92. The van der Waals surface area contributed by atoms with Crippen molar-refractivity contribution in [3.63, 3.8) is 0 Å². The molecule has 1 amide bonds. The SMILES string of the molecule is CCCc1cc(C(=O)N2CCCC2c2cccc(C)c2)no1. The van der Waals surface area contributed by atoms with Crippen LogP contribution in [0.25, 0.3) is 0 Å². The topological polar surface area (TPSA) is 46.3 Å². The van der Waals surface area contributed by atoms with Gasteiger partial charge in [0, 0.05) is 19.0 Å². The maximum Gasteiger partial charge on any atom is 0.276 e. The summed E-state index contributed by atoms with van der Waals surface area (Å²) in [6, 6.07) is 10.4. The van der Waals surface area contributed by atoms with E-state index in [1.807, 2.05) is 4.90 Å². The summed E-state index contributed by atoms with van der Waals surface area (Å²) in [7, 11) is 0. The summed E-state index contributed by atoms with van der Waals surface area (Å²) in [5, 5.41) is 3.96. The average Bonchev–Trinajstić information content (AvgIpc) is 3.16. The van der Waals surface area contributed by atoms with Crippen LogP contribution in [0.4, 0.5) is 0 Å². The number of rotatable bonds is 4. The van der Waals surface area contributed by atoms with Crippen LogP contribution in [0.5, 0.6) is 0 Å². The van der Waals surface area contributed by atoms with E-state index in [0.29, 0.717) is 5.69 Å². The number of hydrogen-bond donors (Lipinski definition) is 0. The van der Waals surface area contributed by atoms with E-state index in [1.54, 1.807) is 6.07 Å². The maximum atomic E-state index is 12.7. The van der Waals surface area contributed by atoms with Crippen molar-refractivity contribution in [3.8, 4) is 0 Å². The Morgan fingerprint density at radius 1 is 1.41 bits per heavy atom. The third kappa shape index (κ3) is 2.91. The number of hydrogen-bond acceptors (Lipinski definition) is 3. The first-order chi connectivity index (χ1) is 10.7. The highest BCUT2D eigenvalue weighted by Gasteiger charge is 2.32. The van der Waals surface area contributed by atoms with Gasteiger partial charge in [-0.15, -0.1) is 0 Å². The predicted molar refractivity (Wildman–Crippen MR) is 84.7 cm³/mol. The van der Waals surface area contributed by atoms with Gasteiger partial charge in [0.25, 0.3) is 5.91 Å². The summed E-state index contributed by atoms with van der Waals surface area (Å²) in [6.45, 7) is 4.95. The van der Waals surface area contributed by atoms with Crippen LogP contribution in [0.2, 0.25) is 0 Å². The molecule has 0 spiro atoms. The number of benzene rings is 1.